The van der Waals surface area contributed by atoms with E-state index in [1.165, 1.54) is 11.9 Å². The molecular formula is C27H30N4O6. The van der Waals surface area contributed by atoms with Crippen molar-refractivity contribution in [1.29, 1.82) is 5.41 Å². The molecule has 10 heteroatoms. The highest BCUT2D eigenvalue weighted by Gasteiger charge is 2.38. The van der Waals surface area contributed by atoms with Crippen LogP contribution in [-0.2, 0) is 21.5 Å². The van der Waals surface area contributed by atoms with Crippen LogP contribution in [0.25, 0.3) is 0 Å². The summed E-state index contributed by atoms with van der Waals surface area (Å²) in [4.78, 5) is 52.4. The van der Waals surface area contributed by atoms with E-state index in [4.69, 9.17) is 10.1 Å². The van der Waals surface area contributed by atoms with Gasteiger partial charge in [0.05, 0.1) is 18.7 Å². The molecule has 2 aromatic rings. The van der Waals surface area contributed by atoms with Crippen LogP contribution in [-0.4, -0.2) is 66.2 Å². The molecule has 2 aliphatic heterocycles. The van der Waals surface area contributed by atoms with E-state index in [0.29, 0.717) is 41.3 Å². The van der Waals surface area contributed by atoms with Crippen molar-refractivity contribution >= 4 is 35.1 Å². The van der Waals surface area contributed by atoms with Gasteiger partial charge in [0.25, 0.3) is 5.91 Å². The van der Waals surface area contributed by atoms with Crippen LogP contribution in [0.3, 0.4) is 0 Å². The maximum atomic E-state index is 13.3. The molecule has 37 heavy (non-hydrogen) atoms. The van der Waals surface area contributed by atoms with Gasteiger partial charge in [-0.25, -0.2) is 0 Å². The van der Waals surface area contributed by atoms with Gasteiger partial charge in [0.15, 0.2) is 5.78 Å². The second-order valence-corrected chi connectivity index (χ2v) is 9.81. The molecule has 2 heterocycles. The predicted octanol–water partition coefficient (Wildman–Crippen LogP) is 2.57. The second-order valence-electron chi connectivity index (χ2n) is 9.81. The van der Waals surface area contributed by atoms with Gasteiger partial charge in [0, 0.05) is 42.2 Å². The average molecular weight is 507 g/mol. The number of anilines is 1. The number of benzene rings is 2. The Balaban J connectivity index is 1.60. The number of nitrogens with zero attached hydrogens (tertiary/aromatic N) is 2. The summed E-state index contributed by atoms with van der Waals surface area (Å²) >= 11 is 0. The summed E-state index contributed by atoms with van der Waals surface area (Å²) in [6.07, 6.45) is 0.132. The van der Waals surface area contributed by atoms with Crippen LogP contribution in [0.1, 0.15) is 64.6 Å². The minimum absolute atomic E-state index is 0.0518. The quantitative estimate of drug-likeness (QED) is 0.468. The Hall–Kier alpha value is -4.21. The number of ketones is 1. The molecule has 3 N–H and O–H groups in total. The normalized spacial score (nSPS) is 15.8. The third kappa shape index (κ3) is 4.78. The van der Waals surface area contributed by atoms with Crippen LogP contribution >= 0.6 is 0 Å². The van der Waals surface area contributed by atoms with E-state index in [1.54, 1.807) is 35.2 Å². The number of rotatable bonds is 8. The van der Waals surface area contributed by atoms with Crippen molar-refractivity contribution in [3.05, 3.63) is 58.1 Å². The van der Waals surface area contributed by atoms with Gasteiger partial charge in [0.1, 0.15) is 18.1 Å². The van der Waals surface area contributed by atoms with Crippen LogP contribution in [0.5, 0.6) is 5.75 Å². The number of amidine groups is 1. The van der Waals surface area contributed by atoms with E-state index in [2.05, 4.69) is 5.32 Å². The largest absolute Gasteiger partial charge is 0.493 e. The average Bonchev–Trinajstić information content (AvgIpc) is 3.14. The number of carboxylic acids is 1. The number of Topliss-reactive ketones (excluding diaryl/α,β-unsaturated/α-hetero) is 1. The zero-order chi connectivity index (χ0) is 27.1. The third-order valence-electron chi connectivity index (χ3n) is 6.77. The number of fused-ring (bicyclic) bond motifs is 2. The van der Waals surface area contributed by atoms with Crippen molar-refractivity contribution in [2.45, 2.75) is 39.2 Å². The summed E-state index contributed by atoms with van der Waals surface area (Å²) in [7, 11) is 1.53. The Morgan fingerprint density at radius 1 is 1.16 bits per heavy atom. The Morgan fingerprint density at radius 2 is 1.89 bits per heavy atom. The fourth-order valence-corrected chi connectivity index (χ4v) is 4.91. The van der Waals surface area contributed by atoms with Gasteiger partial charge in [-0.2, -0.15) is 0 Å². The van der Waals surface area contributed by atoms with Crippen LogP contribution in [0.15, 0.2) is 30.3 Å². The van der Waals surface area contributed by atoms with Crippen molar-refractivity contribution in [1.82, 2.24) is 10.2 Å². The molecule has 4 rings (SSSR count). The first-order valence-corrected chi connectivity index (χ1v) is 12.0. The maximum Gasteiger partial charge on any atom is 0.323 e. The first-order chi connectivity index (χ1) is 17.5. The molecule has 0 atom stereocenters. The Bertz CT molecular complexity index is 1330. The second kappa shape index (κ2) is 9.68. The number of hydrogen-bond acceptors (Lipinski definition) is 6. The van der Waals surface area contributed by atoms with Gasteiger partial charge in [-0.1, -0.05) is 13.8 Å². The van der Waals surface area contributed by atoms with Crippen LogP contribution in [0.2, 0.25) is 0 Å². The topological polar surface area (TPSA) is 140 Å². The lowest BCUT2D eigenvalue weighted by Crippen LogP contribution is -2.44. The lowest BCUT2D eigenvalue weighted by atomic mass is 9.76. The van der Waals surface area contributed by atoms with Crippen LogP contribution in [0, 0.1) is 5.41 Å². The van der Waals surface area contributed by atoms with Crippen LogP contribution < -0.4 is 15.0 Å². The minimum Gasteiger partial charge on any atom is -0.493 e. The molecule has 0 aromatic heterocycles. The highest BCUT2D eigenvalue weighted by atomic mass is 16.5. The Kier molecular flexibility index (Phi) is 6.77. The molecule has 0 bridgehead atoms. The number of nitrogens with one attached hydrogen (secondary N) is 2. The van der Waals surface area contributed by atoms with E-state index in [0.717, 1.165) is 11.1 Å². The highest BCUT2D eigenvalue weighted by Crippen LogP contribution is 2.41. The summed E-state index contributed by atoms with van der Waals surface area (Å²) in [5, 5.41) is 20.5. The molecule has 2 aliphatic rings. The van der Waals surface area contributed by atoms with Crippen molar-refractivity contribution in [2.75, 3.05) is 31.6 Å². The molecule has 10 nitrogen and oxygen atoms in total. The Labute approximate surface area is 214 Å². The van der Waals surface area contributed by atoms with E-state index in [1.807, 2.05) is 20.8 Å². The smallest absolute Gasteiger partial charge is 0.323 e. The molecule has 0 radical (unpaired) electrons. The SMILES string of the molecule is CCOc1cc2c(cc1C(=O)NC)C(=N)N(CC(=O)c1ccc3c(c1)C(C)(C)CC(=O)N3CC(=O)O)C2. The van der Waals surface area contributed by atoms with E-state index < -0.39 is 17.9 Å². The summed E-state index contributed by atoms with van der Waals surface area (Å²) in [6.45, 7) is 5.82. The third-order valence-corrected chi connectivity index (χ3v) is 6.77. The summed E-state index contributed by atoms with van der Waals surface area (Å²) in [6, 6.07) is 8.31. The molecule has 0 saturated heterocycles. The number of hydrogen-bond donors (Lipinski definition) is 3. The molecule has 2 amide bonds. The highest BCUT2D eigenvalue weighted by molar-refractivity contribution is 6.08. The summed E-state index contributed by atoms with van der Waals surface area (Å²) < 4.78 is 5.64. The lowest BCUT2D eigenvalue weighted by molar-refractivity contribution is -0.137. The molecule has 0 spiro atoms. The van der Waals surface area contributed by atoms with Crippen LogP contribution in [0.4, 0.5) is 5.69 Å². The molecule has 0 unspecified atom stereocenters. The molecular weight excluding hydrogens is 476 g/mol. The predicted molar refractivity (Wildman–Crippen MR) is 137 cm³/mol. The fraction of sp³-hybridized carbons (Fsp3) is 0.370. The zero-order valence-electron chi connectivity index (χ0n) is 21.3. The monoisotopic (exact) mass is 506 g/mol. The van der Waals surface area contributed by atoms with Crippen molar-refractivity contribution in [3.63, 3.8) is 0 Å². The minimum atomic E-state index is -1.11. The maximum absolute atomic E-state index is 13.3. The molecule has 0 saturated carbocycles. The molecule has 0 fully saturated rings. The van der Waals surface area contributed by atoms with Gasteiger partial charge in [0.2, 0.25) is 5.91 Å². The fourth-order valence-electron chi connectivity index (χ4n) is 4.91. The number of carbonyl (C=O) groups is 4. The first kappa shape index (κ1) is 25.9. The molecule has 0 aliphatic carbocycles. The van der Waals surface area contributed by atoms with Gasteiger partial charge >= 0.3 is 5.97 Å². The van der Waals surface area contributed by atoms with Gasteiger partial charge in [-0.05, 0) is 48.4 Å². The van der Waals surface area contributed by atoms with E-state index in [9.17, 15) is 24.3 Å². The number of amides is 2. The van der Waals surface area contributed by atoms with Crippen molar-refractivity contribution < 1.29 is 29.0 Å². The van der Waals surface area contributed by atoms with E-state index >= 15 is 0 Å². The number of aliphatic carboxylic acids is 1. The van der Waals surface area contributed by atoms with Crippen molar-refractivity contribution in [2.24, 2.45) is 0 Å². The molecule has 2 aromatic carbocycles. The number of carboxylic acid groups (broad SMARTS) is 1. The van der Waals surface area contributed by atoms with Gasteiger partial charge in [-0.3, -0.25) is 24.6 Å². The van der Waals surface area contributed by atoms with Crippen molar-refractivity contribution in [3.8, 4) is 5.75 Å². The number of carbonyl (C=O) groups excluding carboxylic acids is 3. The lowest BCUT2D eigenvalue weighted by Gasteiger charge is -2.38. The zero-order valence-corrected chi connectivity index (χ0v) is 21.3. The molecule has 194 valence electrons. The summed E-state index contributed by atoms with van der Waals surface area (Å²) in [5.41, 5.74) is 2.77. The summed E-state index contributed by atoms with van der Waals surface area (Å²) in [5.74, 6) is -1.34. The van der Waals surface area contributed by atoms with Gasteiger partial charge < -0.3 is 25.0 Å². The standard InChI is InChI=1S/C27H30N4O6/c1-5-37-22-9-16-12-30(25(28)17(16)10-18(22)26(36)29-4)13-21(32)15-6-7-20-19(8-15)27(2,3)11-23(33)31(20)14-24(34)35/h6-10,28H,5,11-14H2,1-4H3,(H,29,36)(H,34,35). The number of ether oxygens (including phenoxy) is 1. The Morgan fingerprint density at radius 3 is 2.54 bits per heavy atom. The first-order valence-electron chi connectivity index (χ1n) is 12.0. The van der Waals surface area contributed by atoms with Gasteiger partial charge in [-0.15, -0.1) is 0 Å². The van der Waals surface area contributed by atoms with E-state index in [-0.39, 0.29) is 36.4 Å².